The van der Waals surface area contributed by atoms with Crippen LogP contribution in [0.3, 0.4) is 0 Å². The number of hydrogen-bond donors (Lipinski definition) is 0. The molecule has 0 aliphatic heterocycles. The number of aryl methyl sites for hydroxylation is 1. The van der Waals surface area contributed by atoms with Gasteiger partial charge in [-0.05, 0) is 44.1 Å². The van der Waals surface area contributed by atoms with E-state index in [4.69, 9.17) is 8.85 Å². The fourth-order valence-corrected chi connectivity index (χ4v) is 2.94. The third-order valence-corrected chi connectivity index (χ3v) is 3.87. The van der Waals surface area contributed by atoms with Crippen molar-refractivity contribution >= 4 is 8.56 Å². The third kappa shape index (κ3) is 4.06. The summed E-state index contributed by atoms with van der Waals surface area (Å²) in [5.74, 6) is 0.930. The van der Waals surface area contributed by atoms with Crippen LogP contribution >= 0.6 is 0 Å². The van der Waals surface area contributed by atoms with E-state index >= 15 is 0 Å². The number of benzene rings is 1. The van der Waals surface area contributed by atoms with Gasteiger partial charge < -0.3 is 8.85 Å². The molecule has 0 N–H and O–H groups in total. The topological polar surface area (TPSA) is 18.5 Å². The fourth-order valence-electron chi connectivity index (χ4n) is 1.49. The summed E-state index contributed by atoms with van der Waals surface area (Å²) in [4.78, 5) is 0. The Hall–Kier alpha value is -0.803. The molecule has 2 nitrogen and oxygen atoms in total. The SMILES string of the molecule is CCO[Si](C)(C)Oc1cccc(CC)c1. The maximum Gasteiger partial charge on any atom is 0.392 e. The van der Waals surface area contributed by atoms with Crippen molar-refractivity contribution in [1.29, 1.82) is 0 Å². The number of rotatable bonds is 5. The molecule has 0 aliphatic carbocycles. The van der Waals surface area contributed by atoms with Crippen LogP contribution in [0.5, 0.6) is 5.75 Å². The van der Waals surface area contributed by atoms with E-state index in [0.717, 1.165) is 12.2 Å². The first kappa shape index (κ1) is 12.3. The van der Waals surface area contributed by atoms with Crippen LogP contribution in [-0.4, -0.2) is 15.2 Å². The summed E-state index contributed by atoms with van der Waals surface area (Å²) in [7, 11) is -1.98. The Morgan fingerprint density at radius 1 is 1.20 bits per heavy atom. The van der Waals surface area contributed by atoms with Gasteiger partial charge in [-0.15, -0.1) is 0 Å². The second-order valence-electron chi connectivity index (χ2n) is 3.94. The van der Waals surface area contributed by atoms with Crippen LogP contribution in [0.1, 0.15) is 19.4 Å². The quantitative estimate of drug-likeness (QED) is 0.714. The van der Waals surface area contributed by atoms with Crippen molar-refractivity contribution in [1.82, 2.24) is 0 Å². The van der Waals surface area contributed by atoms with E-state index in [1.807, 2.05) is 19.1 Å². The van der Waals surface area contributed by atoms with Crippen LogP contribution < -0.4 is 4.43 Å². The van der Waals surface area contributed by atoms with Gasteiger partial charge in [-0.3, -0.25) is 0 Å². The normalized spacial score (nSPS) is 11.5. The molecular weight excluding hydrogens is 204 g/mol. The third-order valence-electron chi connectivity index (χ3n) is 2.16. The van der Waals surface area contributed by atoms with Crippen LogP contribution in [0.2, 0.25) is 13.1 Å². The Labute approximate surface area is 93.5 Å². The van der Waals surface area contributed by atoms with E-state index in [0.29, 0.717) is 6.61 Å². The molecule has 0 unspecified atom stereocenters. The standard InChI is InChI=1S/C12H20O2Si/c1-5-11-8-7-9-12(10-11)14-15(3,4)13-6-2/h7-10H,5-6H2,1-4H3. The molecule has 0 heterocycles. The molecule has 0 aliphatic rings. The highest BCUT2D eigenvalue weighted by molar-refractivity contribution is 6.65. The highest BCUT2D eigenvalue weighted by Crippen LogP contribution is 2.18. The second kappa shape index (κ2) is 5.33. The van der Waals surface area contributed by atoms with Gasteiger partial charge in [0.2, 0.25) is 0 Å². The summed E-state index contributed by atoms with van der Waals surface area (Å²) in [5, 5.41) is 0. The first-order valence-electron chi connectivity index (χ1n) is 5.49. The Kier molecular flexibility index (Phi) is 4.36. The molecule has 0 amide bonds. The summed E-state index contributed by atoms with van der Waals surface area (Å²) in [6, 6.07) is 8.23. The number of hydrogen-bond acceptors (Lipinski definition) is 2. The van der Waals surface area contributed by atoms with Gasteiger partial charge in [0.25, 0.3) is 0 Å². The summed E-state index contributed by atoms with van der Waals surface area (Å²) in [5.41, 5.74) is 1.30. The highest BCUT2D eigenvalue weighted by atomic mass is 28.4. The Morgan fingerprint density at radius 3 is 2.53 bits per heavy atom. The lowest BCUT2D eigenvalue weighted by molar-refractivity contribution is 0.264. The molecule has 0 saturated heterocycles. The molecule has 0 atom stereocenters. The van der Waals surface area contributed by atoms with Crippen molar-refractivity contribution in [2.24, 2.45) is 0 Å². The van der Waals surface area contributed by atoms with Crippen LogP contribution in [0.15, 0.2) is 24.3 Å². The van der Waals surface area contributed by atoms with Crippen LogP contribution in [0.25, 0.3) is 0 Å². The zero-order chi connectivity index (χ0) is 11.3. The van der Waals surface area contributed by atoms with Gasteiger partial charge >= 0.3 is 8.56 Å². The molecule has 15 heavy (non-hydrogen) atoms. The Bertz CT molecular complexity index is 310. The maximum atomic E-state index is 5.90. The molecule has 0 radical (unpaired) electrons. The van der Waals surface area contributed by atoms with E-state index in [2.05, 4.69) is 32.2 Å². The summed E-state index contributed by atoms with van der Waals surface area (Å²) >= 11 is 0. The maximum absolute atomic E-state index is 5.90. The Morgan fingerprint density at radius 2 is 1.93 bits per heavy atom. The first-order chi connectivity index (χ1) is 7.07. The van der Waals surface area contributed by atoms with Gasteiger partial charge in [0.1, 0.15) is 5.75 Å². The summed E-state index contributed by atoms with van der Waals surface area (Å²) in [6.45, 7) is 8.99. The van der Waals surface area contributed by atoms with Gasteiger partial charge in [0, 0.05) is 6.61 Å². The minimum atomic E-state index is -1.98. The van der Waals surface area contributed by atoms with Gasteiger partial charge in [-0.1, -0.05) is 19.1 Å². The van der Waals surface area contributed by atoms with Crippen LogP contribution in [0.4, 0.5) is 0 Å². The van der Waals surface area contributed by atoms with Gasteiger partial charge in [0.15, 0.2) is 0 Å². The van der Waals surface area contributed by atoms with E-state index in [1.54, 1.807) is 0 Å². The first-order valence-corrected chi connectivity index (χ1v) is 8.31. The molecule has 3 heteroatoms. The molecule has 0 bridgehead atoms. The van der Waals surface area contributed by atoms with Gasteiger partial charge in [-0.2, -0.15) is 0 Å². The molecule has 1 aromatic rings. The highest BCUT2D eigenvalue weighted by Gasteiger charge is 2.25. The molecule has 0 fully saturated rings. The van der Waals surface area contributed by atoms with Crippen molar-refractivity contribution in [2.75, 3.05) is 6.61 Å². The lowest BCUT2D eigenvalue weighted by Gasteiger charge is -2.23. The molecule has 1 rings (SSSR count). The lowest BCUT2D eigenvalue weighted by Crippen LogP contribution is -2.38. The minimum Gasteiger partial charge on any atom is -0.520 e. The predicted molar refractivity (Wildman–Crippen MR) is 65.6 cm³/mol. The summed E-state index contributed by atoms with van der Waals surface area (Å²) < 4.78 is 11.5. The lowest BCUT2D eigenvalue weighted by atomic mass is 10.2. The van der Waals surface area contributed by atoms with Crippen molar-refractivity contribution in [3.05, 3.63) is 29.8 Å². The van der Waals surface area contributed by atoms with E-state index in [9.17, 15) is 0 Å². The smallest absolute Gasteiger partial charge is 0.392 e. The molecule has 0 aromatic heterocycles. The van der Waals surface area contributed by atoms with Crippen molar-refractivity contribution in [3.63, 3.8) is 0 Å². The van der Waals surface area contributed by atoms with E-state index in [-0.39, 0.29) is 0 Å². The van der Waals surface area contributed by atoms with Crippen molar-refractivity contribution < 1.29 is 8.85 Å². The van der Waals surface area contributed by atoms with Gasteiger partial charge in [-0.25, -0.2) is 0 Å². The fraction of sp³-hybridized carbons (Fsp3) is 0.500. The monoisotopic (exact) mass is 224 g/mol. The van der Waals surface area contributed by atoms with Crippen molar-refractivity contribution in [2.45, 2.75) is 33.4 Å². The van der Waals surface area contributed by atoms with Gasteiger partial charge in [0.05, 0.1) is 0 Å². The summed E-state index contributed by atoms with van der Waals surface area (Å²) in [6.07, 6.45) is 1.04. The van der Waals surface area contributed by atoms with E-state index in [1.165, 1.54) is 5.56 Å². The second-order valence-corrected chi connectivity index (χ2v) is 7.23. The predicted octanol–water partition coefficient (Wildman–Crippen LogP) is 3.37. The average Bonchev–Trinajstić information content (AvgIpc) is 2.17. The van der Waals surface area contributed by atoms with Crippen LogP contribution in [0, 0.1) is 0 Å². The zero-order valence-corrected chi connectivity index (χ0v) is 11.0. The molecule has 1 aromatic carbocycles. The zero-order valence-electron chi connectivity index (χ0n) is 10.0. The largest absolute Gasteiger partial charge is 0.520 e. The van der Waals surface area contributed by atoms with Crippen LogP contribution in [-0.2, 0) is 10.8 Å². The van der Waals surface area contributed by atoms with Crippen molar-refractivity contribution in [3.8, 4) is 5.75 Å². The molecule has 0 spiro atoms. The molecular formula is C12H20O2Si. The molecule has 84 valence electrons. The average molecular weight is 224 g/mol. The minimum absolute atomic E-state index is 0.715. The Balaban J connectivity index is 2.71. The van der Waals surface area contributed by atoms with E-state index < -0.39 is 8.56 Å². The molecule has 0 saturated carbocycles.